The zero-order valence-electron chi connectivity index (χ0n) is 9.29. The van der Waals surface area contributed by atoms with Crippen LogP contribution < -0.4 is 10.6 Å². The summed E-state index contributed by atoms with van der Waals surface area (Å²) in [5.74, 6) is 1.05. The van der Waals surface area contributed by atoms with E-state index in [2.05, 4.69) is 10.6 Å². The highest BCUT2D eigenvalue weighted by Gasteiger charge is 2.17. The van der Waals surface area contributed by atoms with Gasteiger partial charge in [0.2, 0.25) is 0 Å². The average Bonchev–Trinajstić information content (AvgIpc) is 2.66. The van der Waals surface area contributed by atoms with E-state index in [0.29, 0.717) is 5.76 Å². The van der Waals surface area contributed by atoms with Crippen molar-refractivity contribution in [2.45, 2.75) is 25.8 Å². The fraction of sp³-hybridized carbons (Fsp3) is 0.545. The van der Waals surface area contributed by atoms with E-state index in [1.54, 1.807) is 12.1 Å². The largest absolute Gasteiger partial charge is 0.456 e. The van der Waals surface area contributed by atoms with E-state index in [0.717, 1.165) is 31.7 Å². The molecule has 0 spiro atoms. The van der Waals surface area contributed by atoms with Gasteiger partial charge in [-0.1, -0.05) is 0 Å². The summed E-state index contributed by atoms with van der Waals surface area (Å²) in [6.45, 7) is 3.73. The Morgan fingerprint density at radius 2 is 2.38 bits per heavy atom. The summed E-state index contributed by atoms with van der Waals surface area (Å²) in [6, 6.07) is 3.74. The Bertz CT molecular complexity index is 346. The van der Waals surface area contributed by atoms with Crippen LogP contribution in [-0.2, 0) is 0 Å². The van der Waals surface area contributed by atoms with Crippen molar-refractivity contribution in [3.05, 3.63) is 23.7 Å². The lowest BCUT2D eigenvalue weighted by Crippen LogP contribution is -2.45. The molecule has 1 atom stereocenters. The molecule has 4 nitrogen and oxygen atoms in total. The van der Waals surface area contributed by atoms with Gasteiger partial charge in [-0.05, 0) is 38.4 Å². The molecule has 1 unspecified atom stereocenters. The first-order chi connectivity index (χ1) is 7.25. The van der Waals surface area contributed by atoms with Crippen LogP contribution in [0.4, 0.5) is 0 Å². The Labute approximate surface area is 101 Å². The molecule has 0 radical (unpaired) electrons. The zero-order chi connectivity index (χ0) is 10.7. The molecule has 90 valence electrons. The number of carbonyl (C=O) groups excluding carboxylic acids is 1. The van der Waals surface area contributed by atoms with Gasteiger partial charge in [0, 0.05) is 12.6 Å². The van der Waals surface area contributed by atoms with Gasteiger partial charge in [0.15, 0.2) is 5.76 Å². The van der Waals surface area contributed by atoms with Crippen LogP contribution in [0.25, 0.3) is 0 Å². The van der Waals surface area contributed by atoms with Crippen LogP contribution in [0.15, 0.2) is 16.5 Å². The van der Waals surface area contributed by atoms with Gasteiger partial charge in [0.1, 0.15) is 5.76 Å². The third kappa shape index (κ3) is 3.25. The molecule has 0 bridgehead atoms. The number of rotatable bonds is 2. The summed E-state index contributed by atoms with van der Waals surface area (Å²) in [6.07, 6.45) is 2.15. The van der Waals surface area contributed by atoms with Crippen LogP contribution in [-0.4, -0.2) is 25.0 Å². The Kier molecular flexibility index (Phi) is 4.83. The summed E-state index contributed by atoms with van der Waals surface area (Å²) in [5, 5.41) is 6.20. The number of hydrogen-bond acceptors (Lipinski definition) is 3. The van der Waals surface area contributed by atoms with Crippen molar-refractivity contribution in [3.63, 3.8) is 0 Å². The van der Waals surface area contributed by atoms with Crippen LogP contribution in [0.1, 0.15) is 29.2 Å². The van der Waals surface area contributed by atoms with Crippen molar-refractivity contribution in [2.75, 3.05) is 13.1 Å². The standard InChI is InChI=1S/C11H16N2O2.ClH/c1-8-4-5-10(15-8)11(14)13-9-3-2-6-12-7-9;/h4-5,9,12H,2-3,6-7H2,1H3,(H,13,14);1H. The van der Waals surface area contributed by atoms with E-state index in [1.165, 1.54) is 0 Å². The normalized spacial score (nSPS) is 19.9. The van der Waals surface area contributed by atoms with E-state index >= 15 is 0 Å². The molecule has 1 amide bonds. The second kappa shape index (κ2) is 5.92. The molecule has 1 fully saturated rings. The number of halogens is 1. The minimum absolute atomic E-state index is 0. The first kappa shape index (κ1) is 13.1. The lowest BCUT2D eigenvalue weighted by Gasteiger charge is -2.23. The number of furan rings is 1. The number of amides is 1. The summed E-state index contributed by atoms with van der Waals surface area (Å²) >= 11 is 0. The minimum atomic E-state index is -0.114. The van der Waals surface area contributed by atoms with Crippen LogP contribution >= 0.6 is 12.4 Å². The van der Waals surface area contributed by atoms with Gasteiger partial charge in [-0.2, -0.15) is 0 Å². The zero-order valence-corrected chi connectivity index (χ0v) is 10.1. The second-order valence-corrected chi connectivity index (χ2v) is 3.93. The van der Waals surface area contributed by atoms with Crippen LogP contribution in [0.2, 0.25) is 0 Å². The molecule has 1 aliphatic rings. The topological polar surface area (TPSA) is 54.3 Å². The molecular formula is C11H17ClN2O2. The average molecular weight is 245 g/mol. The first-order valence-electron chi connectivity index (χ1n) is 5.34. The van der Waals surface area contributed by atoms with Crippen LogP contribution in [0.5, 0.6) is 0 Å². The highest BCUT2D eigenvalue weighted by molar-refractivity contribution is 5.91. The fourth-order valence-electron chi connectivity index (χ4n) is 1.79. The van der Waals surface area contributed by atoms with Gasteiger partial charge in [-0.25, -0.2) is 0 Å². The Hall–Kier alpha value is -1.00. The Morgan fingerprint density at radius 1 is 1.56 bits per heavy atom. The number of carbonyl (C=O) groups is 1. The van der Waals surface area contributed by atoms with Crippen LogP contribution in [0.3, 0.4) is 0 Å². The maximum Gasteiger partial charge on any atom is 0.287 e. The highest BCUT2D eigenvalue weighted by atomic mass is 35.5. The van der Waals surface area contributed by atoms with Gasteiger partial charge in [0.25, 0.3) is 5.91 Å². The molecule has 1 aromatic rings. The van der Waals surface area contributed by atoms with E-state index < -0.39 is 0 Å². The van der Waals surface area contributed by atoms with Crippen molar-refractivity contribution >= 4 is 18.3 Å². The Balaban J connectivity index is 0.00000128. The van der Waals surface area contributed by atoms with E-state index in [4.69, 9.17) is 4.42 Å². The van der Waals surface area contributed by atoms with E-state index in [-0.39, 0.29) is 24.4 Å². The predicted molar refractivity (Wildman–Crippen MR) is 64.1 cm³/mol. The van der Waals surface area contributed by atoms with Gasteiger partial charge in [0.05, 0.1) is 0 Å². The fourth-order valence-corrected chi connectivity index (χ4v) is 1.79. The van der Waals surface area contributed by atoms with E-state index in [1.807, 2.05) is 6.92 Å². The van der Waals surface area contributed by atoms with Crippen molar-refractivity contribution < 1.29 is 9.21 Å². The molecule has 2 heterocycles. The smallest absolute Gasteiger partial charge is 0.287 e. The quantitative estimate of drug-likeness (QED) is 0.829. The maximum atomic E-state index is 11.7. The summed E-state index contributed by atoms with van der Waals surface area (Å²) in [5.41, 5.74) is 0. The molecule has 1 aromatic heterocycles. The van der Waals surface area contributed by atoms with Gasteiger partial charge in [-0.3, -0.25) is 4.79 Å². The first-order valence-corrected chi connectivity index (χ1v) is 5.34. The molecule has 0 aliphatic carbocycles. The number of hydrogen-bond donors (Lipinski definition) is 2. The van der Waals surface area contributed by atoms with Gasteiger partial charge >= 0.3 is 0 Å². The van der Waals surface area contributed by atoms with Crippen molar-refractivity contribution in [2.24, 2.45) is 0 Å². The molecule has 1 saturated heterocycles. The Morgan fingerprint density at radius 3 is 2.94 bits per heavy atom. The molecule has 0 aromatic carbocycles. The molecule has 5 heteroatoms. The lowest BCUT2D eigenvalue weighted by atomic mass is 10.1. The molecular weight excluding hydrogens is 228 g/mol. The minimum Gasteiger partial charge on any atom is -0.456 e. The summed E-state index contributed by atoms with van der Waals surface area (Å²) < 4.78 is 5.25. The summed E-state index contributed by atoms with van der Waals surface area (Å²) in [7, 11) is 0. The number of aryl methyl sites for hydroxylation is 1. The SMILES string of the molecule is Cc1ccc(C(=O)NC2CCCNC2)o1.Cl. The third-order valence-electron chi connectivity index (χ3n) is 2.60. The summed E-state index contributed by atoms with van der Waals surface area (Å²) in [4.78, 5) is 11.7. The lowest BCUT2D eigenvalue weighted by molar-refractivity contribution is 0.0901. The molecule has 16 heavy (non-hydrogen) atoms. The van der Waals surface area contributed by atoms with E-state index in [9.17, 15) is 4.79 Å². The number of nitrogens with one attached hydrogen (secondary N) is 2. The van der Waals surface area contributed by atoms with Crippen LogP contribution in [0, 0.1) is 6.92 Å². The van der Waals surface area contributed by atoms with Crippen molar-refractivity contribution in [3.8, 4) is 0 Å². The molecule has 2 N–H and O–H groups in total. The van der Waals surface area contributed by atoms with Gasteiger partial charge < -0.3 is 15.1 Å². The monoisotopic (exact) mass is 244 g/mol. The molecule has 2 rings (SSSR count). The molecule has 0 saturated carbocycles. The predicted octanol–water partition coefficient (Wildman–Crippen LogP) is 1.49. The van der Waals surface area contributed by atoms with Crippen molar-refractivity contribution in [1.29, 1.82) is 0 Å². The van der Waals surface area contributed by atoms with Gasteiger partial charge in [-0.15, -0.1) is 12.4 Å². The second-order valence-electron chi connectivity index (χ2n) is 3.93. The number of piperidine rings is 1. The van der Waals surface area contributed by atoms with Crippen molar-refractivity contribution in [1.82, 2.24) is 10.6 Å². The maximum absolute atomic E-state index is 11.7. The highest BCUT2D eigenvalue weighted by Crippen LogP contribution is 2.08. The third-order valence-corrected chi connectivity index (χ3v) is 2.60. The molecule has 1 aliphatic heterocycles.